The van der Waals surface area contributed by atoms with Gasteiger partial charge in [0.15, 0.2) is 0 Å². The third kappa shape index (κ3) is 14.8. The van der Waals surface area contributed by atoms with Crippen LogP contribution < -0.4 is 9.47 Å². The summed E-state index contributed by atoms with van der Waals surface area (Å²) in [5, 5.41) is 6.43. The number of aromatic nitrogens is 4. The van der Waals surface area contributed by atoms with Crippen LogP contribution in [0.2, 0.25) is 0 Å². The van der Waals surface area contributed by atoms with Crippen molar-refractivity contribution < 1.29 is 19.1 Å². The van der Waals surface area contributed by atoms with E-state index in [0.29, 0.717) is 37.7 Å². The van der Waals surface area contributed by atoms with E-state index in [-0.39, 0.29) is 12.2 Å². The summed E-state index contributed by atoms with van der Waals surface area (Å²) in [7, 11) is 0. The molecule has 6 aromatic rings. The predicted molar refractivity (Wildman–Crippen MR) is 250 cm³/mol. The third-order valence-corrected chi connectivity index (χ3v) is 12.9. The van der Waals surface area contributed by atoms with Crippen LogP contribution in [0.25, 0.3) is 0 Å². The molecule has 0 saturated carbocycles. The number of piperazine rings is 2. The van der Waals surface area contributed by atoms with Gasteiger partial charge in [0.25, 0.3) is 0 Å². The van der Waals surface area contributed by atoms with Crippen LogP contribution >= 0.6 is 22.7 Å². The largest absolute Gasteiger partial charge is 0.415 e. The summed E-state index contributed by atoms with van der Waals surface area (Å²) in [6.45, 7) is 14.2. The number of aryl methyl sites for hydroxylation is 7. The zero-order chi connectivity index (χ0) is 43.8. The average molecular weight is 887 g/mol. The molecular weight excluding hydrogens is 829 g/mol. The lowest BCUT2D eigenvalue weighted by molar-refractivity contribution is 0.110. The number of nitrogens with zero attached hydrogens (tertiary/aromatic N) is 8. The number of carbonyl (C=O) groups excluding carboxylic acids is 2. The smallest absolute Gasteiger partial charge is 0.410 e. The van der Waals surface area contributed by atoms with Gasteiger partial charge in [0, 0.05) is 118 Å². The first kappa shape index (κ1) is 45.5. The number of pyridine rings is 2. The zero-order valence-electron chi connectivity index (χ0n) is 36.7. The Labute approximate surface area is 379 Å². The van der Waals surface area contributed by atoms with Crippen LogP contribution in [-0.4, -0.2) is 117 Å². The summed E-state index contributed by atoms with van der Waals surface area (Å²) < 4.78 is 11.2. The maximum atomic E-state index is 12.6. The van der Waals surface area contributed by atoms with Gasteiger partial charge in [-0.15, -0.1) is 22.7 Å². The number of thiazole rings is 2. The summed E-state index contributed by atoms with van der Waals surface area (Å²) in [5.74, 6) is 1.18. The van der Waals surface area contributed by atoms with Gasteiger partial charge in [0.1, 0.15) is 11.5 Å². The summed E-state index contributed by atoms with van der Waals surface area (Å²) in [4.78, 5) is 51.4. The monoisotopic (exact) mass is 886 g/mol. The van der Waals surface area contributed by atoms with Gasteiger partial charge in [-0.2, -0.15) is 0 Å². The quantitative estimate of drug-likeness (QED) is 0.106. The summed E-state index contributed by atoms with van der Waals surface area (Å²) >= 11 is 3.39. The Kier molecular flexibility index (Phi) is 16.8. The molecule has 6 heterocycles. The van der Waals surface area contributed by atoms with Crippen molar-refractivity contribution in [2.24, 2.45) is 0 Å². The maximum Gasteiger partial charge on any atom is 0.415 e. The molecule has 2 aliphatic heterocycles. The van der Waals surface area contributed by atoms with Crippen LogP contribution in [0.1, 0.15) is 49.6 Å². The Morgan fingerprint density at radius 2 is 1.03 bits per heavy atom. The molecule has 8 rings (SSSR count). The SMILES string of the molecule is Cc1cccc(CCc2ccc(OC(=O)N3CCN(CCc4csc(C)n4)CC3)cc2)n1.Cc1cccc(CCc2ccc(OC(=O)N3CCN(CCc4nccs4)CC3)cc2)n1. The van der Waals surface area contributed by atoms with E-state index in [1.54, 1.807) is 32.5 Å². The minimum absolute atomic E-state index is 0.267. The van der Waals surface area contributed by atoms with Gasteiger partial charge in [0.05, 0.1) is 15.7 Å². The van der Waals surface area contributed by atoms with Crippen molar-refractivity contribution in [2.45, 2.75) is 59.3 Å². The highest BCUT2D eigenvalue weighted by Gasteiger charge is 2.24. The van der Waals surface area contributed by atoms with Crippen molar-refractivity contribution >= 4 is 34.9 Å². The van der Waals surface area contributed by atoms with E-state index in [1.165, 1.54) is 16.1 Å². The highest BCUT2D eigenvalue weighted by Crippen LogP contribution is 2.18. The van der Waals surface area contributed by atoms with Gasteiger partial charge < -0.3 is 19.3 Å². The van der Waals surface area contributed by atoms with Crippen LogP contribution in [0.5, 0.6) is 11.5 Å². The molecule has 2 aliphatic rings. The first-order valence-electron chi connectivity index (χ1n) is 21.9. The van der Waals surface area contributed by atoms with Crippen LogP contribution in [0.4, 0.5) is 9.59 Å². The van der Waals surface area contributed by atoms with Crippen molar-refractivity contribution in [1.82, 2.24) is 39.5 Å². The number of rotatable bonds is 14. The molecule has 0 atom stereocenters. The minimum atomic E-state index is -0.267. The normalized spacial score (nSPS) is 14.5. The van der Waals surface area contributed by atoms with Crippen LogP contribution in [0.15, 0.2) is 102 Å². The van der Waals surface area contributed by atoms with E-state index in [9.17, 15) is 9.59 Å². The molecule has 0 bridgehead atoms. The van der Waals surface area contributed by atoms with E-state index in [2.05, 4.69) is 47.2 Å². The van der Waals surface area contributed by atoms with Crippen molar-refractivity contribution in [3.63, 3.8) is 0 Å². The van der Waals surface area contributed by atoms with Crippen LogP contribution in [-0.2, 0) is 38.5 Å². The highest BCUT2D eigenvalue weighted by molar-refractivity contribution is 7.09. The fourth-order valence-electron chi connectivity index (χ4n) is 7.54. The third-order valence-electron chi connectivity index (χ3n) is 11.2. The molecule has 2 fully saturated rings. The van der Waals surface area contributed by atoms with E-state index >= 15 is 0 Å². The second-order valence-electron chi connectivity index (χ2n) is 16.0. The topological polar surface area (TPSA) is 117 Å². The molecule has 12 nitrogen and oxygen atoms in total. The summed E-state index contributed by atoms with van der Waals surface area (Å²) in [6.07, 6.45) is 6.85. The molecule has 0 radical (unpaired) electrons. The molecule has 2 amide bonds. The second-order valence-corrected chi connectivity index (χ2v) is 18.0. The van der Waals surface area contributed by atoms with E-state index < -0.39 is 0 Å². The first-order chi connectivity index (χ1) is 30.7. The lowest BCUT2D eigenvalue weighted by Gasteiger charge is -2.33. The van der Waals surface area contributed by atoms with Gasteiger partial charge >= 0.3 is 12.2 Å². The van der Waals surface area contributed by atoms with Gasteiger partial charge in [-0.05, 0) is 106 Å². The Morgan fingerprint density at radius 1 is 0.540 bits per heavy atom. The molecule has 330 valence electrons. The molecule has 2 aromatic carbocycles. The lowest BCUT2D eigenvalue weighted by atomic mass is 10.1. The number of amides is 2. The molecule has 2 saturated heterocycles. The molecule has 14 heteroatoms. The van der Waals surface area contributed by atoms with E-state index in [1.807, 2.05) is 105 Å². The van der Waals surface area contributed by atoms with Crippen molar-refractivity contribution in [1.29, 1.82) is 0 Å². The zero-order valence-corrected chi connectivity index (χ0v) is 38.3. The molecule has 0 N–H and O–H groups in total. The molecule has 4 aromatic heterocycles. The van der Waals surface area contributed by atoms with E-state index in [4.69, 9.17) is 9.47 Å². The number of ether oxygens (including phenoxy) is 2. The number of hydrogen-bond acceptors (Lipinski definition) is 12. The Morgan fingerprint density at radius 3 is 1.46 bits per heavy atom. The number of carbonyl (C=O) groups is 2. The standard InChI is InChI=1S/C25H30N4O2S.C24H28N4O2S/c1-19-4-3-5-22(26-19)9-6-21-7-10-24(11-8-21)31-25(30)29-16-14-28(15-17-29)13-12-23-18-32-20(2)27-23;1-19-3-2-4-21(26-19)8-5-20-6-9-22(10-7-20)30-24(29)28-16-14-27(15-17-28)13-11-23-25-12-18-31-23/h3-5,7-8,10-11,18H,6,9,12-17H2,1-2H3;2-4,6-7,9-10,12,18H,5,8,11,13-17H2,1H3. The van der Waals surface area contributed by atoms with Crippen LogP contribution in [0.3, 0.4) is 0 Å². The fourth-order valence-corrected chi connectivity index (χ4v) is 8.79. The Hall–Kier alpha value is -5.54. The van der Waals surface area contributed by atoms with Crippen molar-refractivity contribution in [3.8, 4) is 11.5 Å². The highest BCUT2D eigenvalue weighted by atomic mass is 32.1. The van der Waals surface area contributed by atoms with Gasteiger partial charge in [0.2, 0.25) is 0 Å². The molecule has 0 spiro atoms. The fraction of sp³-hybridized carbons (Fsp3) is 0.388. The van der Waals surface area contributed by atoms with Crippen molar-refractivity contribution in [2.75, 3.05) is 65.4 Å². The van der Waals surface area contributed by atoms with Crippen molar-refractivity contribution in [3.05, 3.63) is 151 Å². The average Bonchev–Trinajstić information content (AvgIpc) is 3.99. The molecule has 0 unspecified atom stereocenters. The number of benzene rings is 2. The Balaban J connectivity index is 0.000000189. The first-order valence-corrected chi connectivity index (χ1v) is 23.7. The van der Waals surface area contributed by atoms with E-state index in [0.717, 1.165) is 111 Å². The summed E-state index contributed by atoms with van der Waals surface area (Å²) in [6, 6.07) is 27.8. The Bertz CT molecular complexity index is 2320. The second kappa shape index (κ2) is 23.2. The lowest BCUT2D eigenvalue weighted by Crippen LogP contribution is -2.49. The molecule has 63 heavy (non-hydrogen) atoms. The van der Waals surface area contributed by atoms with Gasteiger partial charge in [-0.1, -0.05) is 36.4 Å². The van der Waals surface area contributed by atoms with Gasteiger partial charge in [-0.3, -0.25) is 19.8 Å². The number of hydrogen-bond donors (Lipinski definition) is 0. The maximum absolute atomic E-state index is 12.6. The molecule has 0 aliphatic carbocycles. The van der Waals surface area contributed by atoms with Crippen LogP contribution in [0, 0.1) is 20.8 Å². The summed E-state index contributed by atoms with van der Waals surface area (Å²) in [5.41, 5.74) is 7.85. The molecular formula is C49H58N8O4S2. The van der Waals surface area contributed by atoms with Gasteiger partial charge in [-0.25, -0.2) is 19.6 Å². The minimum Gasteiger partial charge on any atom is -0.410 e. The predicted octanol–water partition coefficient (Wildman–Crippen LogP) is 8.29.